The van der Waals surface area contributed by atoms with Gasteiger partial charge in [0.15, 0.2) is 9.84 Å². The predicted octanol–water partition coefficient (Wildman–Crippen LogP) is 4.92. The smallest absolute Gasteiger partial charge is 0.323 e. The molecule has 11 nitrogen and oxygen atoms in total. The van der Waals surface area contributed by atoms with Gasteiger partial charge in [0, 0.05) is 75.0 Å². The van der Waals surface area contributed by atoms with Crippen LogP contribution in [-0.4, -0.2) is 80.7 Å². The summed E-state index contributed by atoms with van der Waals surface area (Å²) in [6.07, 6.45) is 2.88. The zero-order valence-corrected chi connectivity index (χ0v) is 26.0. The third kappa shape index (κ3) is 8.99. The Bertz CT molecular complexity index is 1660. The van der Waals surface area contributed by atoms with Crippen molar-refractivity contribution in [1.82, 2.24) is 19.8 Å². The minimum Gasteiger partial charge on any atom is -0.329 e. The highest BCUT2D eigenvalue weighted by Crippen LogP contribution is 2.25. The molecular weight excluding hydrogens is 576 g/mol. The molecule has 0 saturated carbocycles. The van der Waals surface area contributed by atoms with Crippen molar-refractivity contribution in [3.05, 3.63) is 96.2 Å². The first-order chi connectivity index (χ1) is 21.1. The molecule has 1 aromatic heterocycles. The number of likely N-dealkylation sites (N-methyl/N-ethyl adjacent to an activating group) is 1. The molecule has 0 bridgehead atoms. The zero-order chi connectivity index (χ0) is 31.1. The van der Waals surface area contributed by atoms with Crippen LogP contribution in [0, 0.1) is 0 Å². The van der Waals surface area contributed by atoms with Crippen molar-refractivity contribution in [2.24, 2.45) is 0 Å². The molecule has 5 rings (SSSR count). The molecule has 0 spiro atoms. The average Bonchev–Trinajstić information content (AvgIpc) is 3.00. The van der Waals surface area contributed by atoms with Crippen LogP contribution in [0.25, 0.3) is 0 Å². The number of hydrogen-bond donors (Lipinski definition) is 3. The van der Waals surface area contributed by atoms with Crippen LogP contribution >= 0.6 is 0 Å². The molecule has 3 N–H and O–H groups in total. The van der Waals surface area contributed by atoms with Crippen molar-refractivity contribution < 1.29 is 13.2 Å². The quantitative estimate of drug-likeness (QED) is 0.228. The summed E-state index contributed by atoms with van der Waals surface area (Å²) in [5, 5.41) is 8.94. The zero-order valence-electron chi connectivity index (χ0n) is 25.2. The Morgan fingerprint density at radius 1 is 0.818 bits per heavy atom. The van der Waals surface area contributed by atoms with Crippen molar-refractivity contribution in [2.75, 3.05) is 67.4 Å². The molecular formula is C32H38N8O3S. The van der Waals surface area contributed by atoms with Gasteiger partial charge < -0.3 is 25.8 Å². The second-order valence-corrected chi connectivity index (χ2v) is 13.2. The third-order valence-corrected chi connectivity index (χ3v) is 8.21. The summed E-state index contributed by atoms with van der Waals surface area (Å²) in [6, 6.07) is 24.1. The average molecular weight is 615 g/mol. The predicted molar refractivity (Wildman–Crippen MR) is 177 cm³/mol. The maximum atomic E-state index is 12.6. The molecule has 0 atom stereocenters. The lowest BCUT2D eigenvalue weighted by atomic mass is 10.2. The van der Waals surface area contributed by atoms with Gasteiger partial charge in [0.2, 0.25) is 5.95 Å². The number of aromatic nitrogens is 2. The first-order valence-corrected chi connectivity index (χ1v) is 16.4. The summed E-state index contributed by atoms with van der Waals surface area (Å²) in [7, 11) is 0.956. The standard InChI is InChI=1S/C32H38N8O3S/c1-38-18-20-40(21-19-38)22-24-4-8-27(9-5-24)35-32(41)36-28-12-14-29(15-13-28)39(2)30-16-17-33-31(37-30)34-26-10-6-25(7-11-26)23-44(3,42)43/h4-17H,18-23H2,1-3H3,(H,33,34,37)(H2,35,36,41). The van der Waals surface area contributed by atoms with E-state index >= 15 is 0 Å². The van der Waals surface area contributed by atoms with E-state index in [0.29, 0.717) is 23.0 Å². The van der Waals surface area contributed by atoms with Crippen molar-refractivity contribution in [3.8, 4) is 0 Å². The minimum absolute atomic E-state index is 0.00552. The molecule has 0 aliphatic carbocycles. The van der Waals surface area contributed by atoms with E-state index in [2.05, 4.69) is 54.9 Å². The van der Waals surface area contributed by atoms with E-state index < -0.39 is 9.84 Å². The number of piperazine rings is 1. The second-order valence-electron chi connectivity index (χ2n) is 11.1. The van der Waals surface area contributed by atoms with Gasteiger partial charge in [-0.15, -0.1) is 0 Å². The number of sulfone groups is 1. The topological polar surface area (TPSA) is 123 Å². The lowest BCUT2D eigenvalue weighted by Gasteiger charge is -2.32. The molecule has 0 radical (unpaired) electrons. The highest BCUT2D eigenvalue weighted by atomic mass is 32.2. The molecule has 4 aromatic rings. The molecule has 1 aliphatic rings. The lowest BCUT2D eigenvalue weighted by molar-refractivity contribution is 0.148. The number of nitrogens with one attached hydrogen (secondary N) is 3. The summed E-state index contributed by atoms with van der Waals surface area (Å²) in [6.45, 7) is 5.22. The van der Waals surface area contributed by atoms with Gasteiger partial charge in [-0.05, 0) is 72.8 Å². The van der Waals surface area contributed by atoms with Gasteiger partial charge >= 0.3 is 6.03 Å². The summed E-state index contributed by atoms with van der Waals surface area (Å²) < 4.78 is 23.1. The van der Waals surface area contributed by atoms with E-state index in [1.54, 1.807) is 36.5 Å². The minimum atomic E-state index is -3.10. The van der Waals surface area contributed by atoms with Gasteiger partial charge in [-0.3, -0.25) is 4.90 Å². The van der Waals surface area contributed by atoms with Crippen LogP contribution in [0.1, 0.15) is 11.1 Å². The molecule has 1 saturated heterocycles. The number of urea groups is 1. The van der Waals surface area contributed by atoms with E-state index in [9.17, 15) is 13.2 Å². The second kappa shape index (κ2) is 13.8. The molecule has 0 unspecified atom stereocenters. The van der Waals surface area contributed by atoms with Gasteiger partial charge in [0.1, 0.15) is 5.82 Å². The molecule has 44 heavy (non-hydrogen) atoms. The van der Waals surface area contributed by atoms with E-state index in [0.717, 1.165) is 49.8 Å². The van der Waals surface area contributed by atoms with Crippen molar-refractivity contribution in [3.63, 3.8) is 0 Å². The Hall–Kier alpha value is -4.52. The molecule has 12 heteroatoms. The Morgan fingerprint density at radius 2 is 1.39 bits per heavy atom. The number of carbonyl (C=O) groups is 1. The van der Waals surface area contributed by atoms with E-state index in [1.165, 1.54) is 11.8 Å². The number of amides is 2. The van der Waals surface area contributed by atoms with Gasteiger partial charge in [-0.2, -0.15) is 4.98 Å². The van der Waals surface area contributed by atoms with E-state index in [4.69, 9.17) is 0 Å². The summed E-state index contributed by atoms with van der Waals surface area (Å²) in [5.41, 5.74) is 4.97. The molecule has 1 fully saturated rings. The summed E-state index contributed by atoms with van der Waals surface area (Å²) in [5.74, 6) is 1.08. The summed E-state index contributed by atoms with van der Waals surface area (Å²) in [4.78, 5) is 28.2. The van der Waals surface area contributed by atoms with Crippen molar-refractivity contribution in [1.29, 1.82) is 0 Å². The largest absolute Gasteiger partial charge is 0.329 e. The van der Waals surface area contributed by atoms with Gasteiger partial charge in [-0.25, -0.2) is 18.2 Å². The Morgan fingerprint density at radius 3 is 2.00 bits per heavy atom. The van der Waals surface area contributed by atoms with Gasteiger partial charge in [0.25, 0.3) is 0 Å². The van der Waals surface area contributed by atoms with Crippen LogP contribution in [-0.2, 0) is 22.1 Å². The van der Waals surface area contributed by atoms with Crippen LogP contribution in [0.15, 0.2) is 85.1 Å². The fraction of sp³-hybridized carbons (Fsp3) is 0.281. The number of carbonyl (C=O) groups excluding carboxylic acids is 1. The number of nitrogens with zero attached hydrogens (tertiary/aromatic N) is 5. The Labute approximate surface area is 258 Å². The van der Waals surface area contributed by atoms with Crippen LogP contribution in [0.3, 0.4) is 0 Å². The van der Waals surface area contributed by atoms with Crippen LogP contribution in [0.5, 0.6) is 0 Å². The highest BCUT2D eigenvalue weighted by Gasteiger charge is 2.14. The van der Waals surface area contributed by atoms with E-state index in [1.807, 2.05) is 48.3 Å². The Kier molecular flexibility index (Phi) is 9.73. The first kappa shape index (κ1) is 30.9. The van der Waals surface area contributed by atoms with E-state index in [-0.39, 0.29) is 11.8 Å². The fourth-order valence-electron chi connectivity index (χ4n) is 4.86. The molecule has 2 amide bonds. The van der Waals surface area contributed by atoms with Crippen molar-refractivity contribution >= 4 is 50.4 Å². The maximum Gasteiger partial charge on any atom is 0.323 e. The lowest BCUT2D eigenvalue weighted by Crippen LogP contribution is -2.43. The number of anilines is 6. The summed E-state index contributed by atoms with van der Waals surface area (Å²) >= 11 is 0. The maximum absolute atomic E-state index is 12.6. The fourth-order valence-corrected chi connectivity index (χ4v) is 5.66. The van der Waals surface area contributed by atoms with Gasteiger partial charge in [-0.1, -0.05) is 24.3 Å². The molecule has 1 aliphatic heterocycles. The SMILES string of the molecule is CN1CCN(Cc2ccc(NC(=O)Nc3ccc(N(C)c4ccnc(Nc5ccc(CS(C)(=O)=O)cc5)n4)cc3)cc2)CC1. The van der Waals surface area contributed by atoms with Crippen LogP contribution in [0.2, 0.25) is 0 Å². The highest BCUT2D eigenvalue weighted by molar-refractivity contribution is 7.89. The van der Waals surface area contributed by atoms with Crippen LogP contribution < -0.4 is 20.9 Å². The monoisotopic (exact) mass is 614 g/mol. The third-order valence-electron chi connectivity index (χ3n) is 7.35. The van der Waals surface area contributed by atoms with Crippen molar-refractivity contribution in [2.45, 2.75) is 12.3 Å². The molecule has 230 valence electrons. The number of hydrogen-bond acceptors (Lipinski definition) is 9. The molecule has 3 aromatic carbocycles. The Balaban J connectivity index is 1.13. The van der Waals surface area contributed by atoms with Gasteiger partial charge in [0.05, 0.1) is 5.75 Å². The number of benzene rings is 3. The number of rotatable bonds is 10. The molecule has 2 heterocycles. The first-order valence-electron chi connectivity index (χ1n) is 14.4. The van der Waals surface area contributed by atoms with Crippen LogP contribution in [0.4, 0.5) is 39.3 Å². The normalized spacial score (nSPS) is 14.2.